The quantitative estimate of drug-likeness (QED) is 0.840. The Labute approximate surface area is 142 Å². The van der Waals surface area contributed by atoms with Crippen LogP contribution in [0.25, 0.3) is 11.4 Å². The van der Waals surface area contributed by atoms with Gasteiger partial charge in [0, 0.05) is 30.5 Å². The van der Waals surface area contributed by atoms with Gasteiger partial charge in [0.15, 0.2) is 0 Å². The van der Waals surface area contributed by atoms with Gasteiger partial charge in [-0.05, 0) is 44.4 Å². The minimum absolute atomic E-state index is 0.271. The minimum atomic E-state index is 0.271. The molecule has 1 atom stereocenters. The average Bonchev–Trinajstić information content (AvgIpc) is 3.33. The van der Waals surface area contributed by atoms with E-state index in [-0.39, 0.29) is 6.10 Å². The molecule has 128 valence electrons. The molecule has 2 aromatic heterocycles. The fraction of sp³-hybridized carbons (Fsp3) is 0.611. The summed E-state index contributed by atoms with van der Waals surface area (Å²) in [7, 11) is 0. The summed E-state index contributed by atoms with van der Waals surface area (Å²) in [5.41, 5.74) is 0.859. The molecule has 1 saturated carbocycles. The van der Waals surface area contributed by atoms with Crippen LogP contribution in [0, 0.1) is 0 Å². The van der Waals surface area contributed by atoms with E-state index < -0.39 is 0 Å². The van der Waals surface area contributed by atoms with Crippen LogP contribution in [0.1, 0.15) is 44.4 Å². The molecule has 0 unspecified atom stereocenters. The number of aromatic nitrogens is 3. The van der Waals surface area contributed by atoms with E-state index in [1.165, 1.54) is 38.6 Å². The van der Waals surface area contributed by atoms with Crippen LogP contribution in [0.5, 0.6) is 0 Å². The number of ether oxygens (including phenoxy) is 1. The van der Waals surface area contributed by atoms with Gasteiger partial charge in [-0.25, -0.2) is 0 Å². The predicted octanol–water partition coefficient (Wildman–Crippen LogP) is 3.06. The van der Waals surface area contributed by atoms with E-state index in [9.17, 15) is 0 Å². The highest BCUT2D eigenvalue weighted by molar-refractivity contribution is 5.51. The second-order valence-corrected chi connectivity index (χ2v) is 6.76. The zero-order valence-electron chi connectivity index (χ0n) is 13.9. The minimum Gasteiger partial charge on any atom is -0.367 e. The van der Waals surface area contributed by atoms with E-state index in [1.54, 1.807) is 12.4 Å². The molecule has 1 saturated heterocycles. The summed E-state index contributed by atoms with van der Waals surface area (Å²) in [5.74, 6) is 1.10. The van der Waals surface area contributed by atoms with Gasteiger partial charge in [-0.2, -0.15) is 4.98 Å². The van der Waals surface area contributed by atoms with Crippen LogP contribution in [0.4, 0.5) is 0 Å². The summed E-state index contributed by atoms with van der Waals surface area (Å²) in [4.78, 5) is 11.1. The van der Waals surface area contributed by atoms with Crippen molar-refractivity contribution in [2.75, 3.05) is 13.1 Å². The van der Waals surface area contributed by atoms with E-state index in [0.29, 0.717) is 18.3 Å². The second-order valence-electron chi connectivity index (χ2n) is 6.76. The number of likely N-dealkylation sites (tertiary alicyclic amines) is 1. The zero-order chi connectivity index (χ0) is 16.2. The summed E-state index contributed by atoms with van der Waals surface area (Å²) >= 11 is 0. The summed E-state index contributed by atoms with van der Waals surface area (Å²) in [5, 5.41) is 4.01. The van der Waals surface area contributed by atoms with E-state index in [1.807, 2.05) is 12.1 Å². The Morgan fingerprint density at radius 2 is 2.12 bits per heavy atom. The first-order valence-electron chi connectivity index (χ1n) is 8.97. The average molecular weight is 328 g/mol. The molecule has 2 aliphatic rings. The molecule has 1 aliphatic carbocycles. The van der Waals surface area contributed by atoms with Crippen molar-refractivity contribution in [1.29, 1.82) is 0 Å². The molecule has 1 aliphatic heterocycles. The largest absolute Gasteiger partial charge is 0.367 e. The first-order chi connectivity index (χ1) is 11.9. The Morgan fingerprint density at radius 1 is 1.21 bits per heavy atom. The number of rotatable bonds is 5. The predicted molar refractivity (Wildman–Crippen MR) is 89.2 cm³/mol. The number of pyridine rings is 1. The fourth-order valence-electron chi connectivity index (χ4n) is 3.82. The van der Waals surface area contributed by atoms with Crippen molar-refractivity contribution in [2.24, 2.45) is 0 Å². The van der Waals surface area contributed by atoms with E-state index in [0.717, 1.165) is 24.6 Å². The lowest BCUT2D eigenvalue weighted by molar-refractivity contribution is -0.0287. The lowest BCUT2D eigenvalue weighted by Gasteiger charge is -2.36. The van der Waals surface area contributed by atoms with E-state index in [2.05, 4.69) is 20.0 Å². The summed E-state index contributed by atoms with van der Waals surface area (Å²) in [6.45, 7) is 2.64. The highest BCUT2D eigenvalue weighted by Crippen LogP contribution is 2.27. The molecule has 0 bridgehead atoms. The van der Waals surface area contributed by atoms with Crippen LogP contribution in [-0.2, 0) is 11.3 Å². The van der Waals surface area contributed by atoms with E-state index in [4.69, 9.17) is 9.26 Å². The Bertz CT molecular complexity index is 639. The maximum Gasteiger partial charge on any atom is 0.252 e. The number of nitrogens with zero attached hydrogens (tertiary/aromatic N) is 4. The van der Waals surface area contributed by atoms with Gasteiger partial charge in [0.1, 0.15) is 6.61 Å². The topological polar surface area (TPSA) is 64.3 Å². The number of hydrogen-bond acceptors (Lipinski definition) is 6. The zero-order valence-corrected chi connectivity index (χ0v) is 13.9. The molecule has 2 fully saturated rings. The van der Waals surface area contributed by atoms with Gasteiger partial charge in [-0.1, -0.05) is 18.0 Å². The van der Waals surface area contributed by atoms with Crippen molar-refractivity contribution in [3.63, 3.8) is 0 Å². The summed E-state index contributed by atoms with van der Waals surface area (Å²) in [6, 6.07) is 4.56. The normalized spacial score (nSPS) is 22.9. The van der Waals surface area contributed by atoms with Gasteiger partial charge in [0.05, 0.1) is 6.10 Å². The number of piperidine rings is 1. The first-order valence-corrected chi connectivity index (χ1v) is 8.97. The van der Waals surface area contributed by atoms with Crippen molar-refractivity contribution < 1.29 is 9.26 Å². The smallest absolute Gasteiger partial charge is 0.252 e. The Hall–Kier alpha value is -1.79. The van der Waals surface area contributed by atoms with Crippen LogP contribution < -0.4 is 0 Å². The lowest BCUT2D eigenvalue weighted by Crippen LogP contribution is -2.44. The van der Waals surface area contributed by atoms with Gasteiger partial charge in [-0.15, -0.1) is 0 Å². The second kappa shape index (κ2) is 7.40. The molecule has 6 nitrogen and oxygen atoms in total. The molecule has 6 heteroatoms. The van der Waals surface area contributed by atoms with Crippen LogP contribution in [-0.4, -0.2) is 45.3 Å². The Morgan fingerprint density at radius 3 is 2.96 bits per heavy atom. The highest BCUT2D eigenvalue weighted by Gasteiger charge is 2.28. The fourth-order valence-corrected chi connectivity index (χ4v) is 3.82. The molecular formula is C18H24N4O2. The lowest BCUT2D eigenvalue weighted by atomic mass is 10.0. The van der Waals surface area contributed by atoms with Gasteiger partial charge >= 0.3 is 0 Å². The van der Waals surface area contributed by atoms with E-state index >= 15 is 0 Å². The molecule has 0 amide bonds. The molecule has 0 aromatic carbocycles. The van der Waals surface area contributed by atoms with Crippen molar-refractivity contribution >= 4 is 0 Å². The van der Waals surface area contributed by atoms with Crippen LogP contribution in [0.2, 0.25) is 0 Å². The summed E-state index contributed by atoms with van der Waals surface area (Å²) < 4.78 is 11.4. The van der Waals surface area contributed by atoms with Crippen LogP contribution in [0.15, 0.2) is 29.0 Å². The highest BCUT2D eigenvalue weighted by atomic mass is 16.5. The molecule has 2 aromatic rings. The first kappa shape index (κ1) is 15.7. The van der Waals surface area contributed by atoms with Crippen molar-refractivity contribution in [3.8, 4) is 11.4 Å². The molecule has 3 heterocycles. The Balaban J connectivity index is 1.31. The van der Waals surface area contributed by atoms with Crippen molar-refractivity contribution in [3.05, 3.63) is 30.4 Å². The molecule has 4 rings (SSSR count). The maximum absolute atomic E-state index is 6.05. The molecule has 0 radical (unpaired) electrons. The van der Waals surface area contributed by atoms with Gasteiger partial charge in [-0.3, -0.25) is 9.88 Å². The third-order valence-corrected chi connectivity index (χ3v) is 5.08. The third kappa shape index (κ3) is 3.65. The third-order valence-electron chi connectivity index (χ3n) is 5.08. The molecular weight excluding hydrogens is 304 g/mol. The van der Waals surface area contributed by atoms with Gasteiger partial charge in [0.25, 0.3) is 5.89 Å². The SMILES string of the molecule is c1cncc(-c2noc(CO[C@@H]3CCCN(C4CCCC4)C3)n2)c1. The van der Waals surface area contributed by atoms with Gasteiger partial charge < -0.3 is 9.26 Å². The van der Waals surface area contributed by atoms with Gasteiger partial charge in [0.2, 0.25) is 5.82 Å². The molecule has 24 heavy (non-hydrogen) atoms. The Kier molecular flexibility index (Phi) is 4.85. The van der Waals surface area contributed by atoms with Crippen LogP contribution in [0.3, 0.4) is 0 Å². The maximum atomic E-state index is 6.05. The molecule has 0 N–H and O–H groups in total. The number of hydrogen-bond donors (Lipinski definition) is 0. The monoisotopic (exact) mass is 328 g/mol. The van der Waals surface area contributed by atoms with Crippen molar-refractivity contribution in [1.82, 2.24) is 20.0 Å². The standard InChI is InChI=1S/C18H24N4O2/c1-2-7-15(6-1)22-10-4-8-16(12-22)23-13-17-20-18(21-24-17)14-5-3-9-19-11-14/h3,5,9,11,15-16H,1-2,4,6-8,10,12-13H2/t16-/m1/s1. The summed E-state index contributed by atoms with van der Waals surface area (Å²) in [6.07, 6.45) is 11.5. The molecule has 0 spiro atoms. The van der Waals surface area contributed by atoms with Crippen LogP contribution >= 0.6 is 0 Å². The van der Waals surface area contributed by atoms with Crippen molar-refractivity contribution in [2.45, 2.75) is 57.3 Å².